The summed E-state index contributed by atoms with van der Waals surface area (Å²) in [5, 5.41) is 11.9. The van der Waals surface area contributed by atoms with Crippen LogP contribution in [-0.4, -0.2) is 33.0 Å². The third-order valence-corrected chi connectivity index (χ3v) is 5.54. The molecule has 0 saturated heterocycles. The monoisotopic (exact) mass is 448 g/mol. The maximum absolute atomic E-state index is 13.2. The Morgan fingerprint density at radius 3 is 2.77 bits per heavy atom. The van der Waals surface area contributed by atoms with E-state index in [4.69, 9.17) is 16.3 Å². The van der Waals surface area contributed by atoms with Crippen LogP contribution in [0.4, 0.5) is 4.39 Å². The maximum Gasteiger partial charge on any atom is 0.230 e. The van der Waals surface area contributed by atoms with Crippen molar-refractivity contribution in [2.24, 2.45) is 0 Å². The topological polar surface area (TPSA) is 69.0 Å². The number of nitrogens with one attached hydrogen (secondary N) is 1. The Hall–Kier alpha value is -2.58. The summed E-state index contributed by atoms with van der Waals surface area (Å²) in [4.78, 5) is 12.1. The van der Waals surface area contributed by atoms with Gasteiger partial charge in [0, 0.05) is 19.2 Å². The Bertz CT molecular complexity index is 984. The predicted octanol–water partition coefficient (Wildman–Crippen LogP) is 4.12. The van der Waals surface area contributed by atoms with E-state index in [-0.39, 0.29) is 23.3 Å². The molecule has 1 amide bonds. The lowest BCUT2D eigenvalue weighted by molar-refractivity contribution is -0.118. The molecular weight excluding hydrogens is 427 g/mol. The number of rotatable bonds is 10. The summed E-state index contributed by atoms with van der Waals surface area (Å²) >= 11 is 7.09. The van der Waals surface area contributed by atoms with Gasteiger partial charge in [-0.1, -0.05) is 53.7 Å². The van der Waals surface area contributed by atoms with E-state index in [0.29, 0.717) is 29.8 Å². The van der Waals surface area contributed by atoms with Crippen LogP contribution in [0.15, 0.2) is 53.7 Å². The highest BCUT2D eigenvalue weighted by atomic mass is 35.5. The lowest BCUT2D eigenvalue weighted by Gasteiger charge is -2.09. The minimum absolute atomic E-state index is 0.000945. The van der Waals surface area contributed by atoms with Crippen molar-refractivity contribution in [3.63, 3.8) is 0 Å². The molecular formula is C21H22ClFN4O2S. The summed E-state index contributed by atoms with van der Waals surface area (Å²) in [5.41, 5.74) is 1.18. The van der Waals surface area contributed by atoms with Crippen molar-refractivity contribution in [1.82, 2.24) is 20.1 Å². The van der Waals surface area contributed by atoms with Crippen molar-refractivity contribution < 1.29 is 13.9 Å². The smallest absolute Gasteiger partial charge is 0.230 e. The number of carbonyl (C=O) groups is 1. The highest BCUT2D eigenvalue weighted by molar-refractivity contribution is 7.99. The third kappa shape index (κ3) is 6.21. The predicted molar refractivity (Wildman–Crippen MR) is 115 cm³/mol. The van der Waals surface area contributed by atoms with Crippen LogP contribution in [-0.2, 0) is 24.4 Å². The molecule has 30 heavy (non-hydrogen) atoms. The van der Waals surface area contributed by atoms with Crippen LogP contribution >= 0.6 is 23.4 Å². The Kier molecular flexibility index (Phi) is 8.10. The van der Waals surface area contributed by atoms with Crippen molar-refractivity contribution in [3.05, 3.63) is 70.8 Å². The highest BCUT2D eigenvalue weighted by Gasteiger charge is 2.14. The summed E-state index contributed by atoms with van der Waals surface area (Å²) in [7, 11) is 0. The van der Waals surface area contributed by atoms with Gasteiger partial charge >= 0.3 is 0 Å². The van der Waals surface area contributed by atoms with Gasteiger partial charge in [-0.25, -0.2) is 4.39 Å². The molecule has 3 aromatic rings. The normalized spacial score (nSPS) is 10.8. The van der Waals surface area contributed by atoms with Crippen LogP contribution in [0, 0.1) is 5.82 Å². The Morgan fingerprint density at radius 1 is 1.23 bits per heavy atom. The number of thioether (sulfide) groups is 1. The van der Waals surface area contributed by atoms with Crippen LogP contribution in [0.3, 0.4) is 0 Å². The molecule has 0 radical (unpaired) electrons. The summed E-state index contributed by atoms with van der Waals surface area (Å²) in [6.07, 6.45) is 0.789. The number of hydrogen-bond donors (Lipinski definition) is 1. The molecule has 0 aliphatic heterocycles. The molecule has 0 spiro atoms. The first-order valence-electron chi connectivity index (χ1n) is 9.50. The van der Waals surface area contributed by atoms with E-state index in [9.17, 15) is 9.18 Å². The number of amides is 1. The van der Waals surface area contributed by atoms with Gasteiger partial charge in [0.15, 0.2) is 11.0 Å². The molecule has 0 aliphatic rings. The van der Waals surface area contributed by atoms with Crippen LogP contribution in [0.1, 0.15) is 18.3 Å². The fourth-order valence-corrected chi connectivity index (χ4v) is 3.76. The fraction of sp³-hybridized carbons (Fsp3) is 0.286. The van der Waals surface area contributed by atoms with Gasteiger partial charge < -0.3 is 14.6 Å². The largest absolute Gasteiger partial charge is 0.486 e. The van der Waals surface area contributed by atoms with Gasteiger partial charge in [-0.15, -0.1) is 10.2 Å². The third-order valence-electron chi connectivity index (χ3n) is 4.28. The summed E-state index contributed by atoms with van der Waals surface area (Å²) in [6.45, 7) is 3.34. The zero-order chi connectivity index (χ0) is 21.3. The van der Waals surface area contributed by atoms with E-state index in [2.05, 4.69) is 15.5 Å². The Balaban J connectivity index is 1.48. The highest BCUT2D eigenvalue weighted by Crippen LogP contribution is 2.22. The van der Waals surface area contributed by atoms with Gasteiger partial charge in [0.2, 0.25) is 5.91 Å². The molecule has 3 rings (SSSR count). The molecule has 2 aromatic carbocycles. The van der Waals surface area contributed by atoms with Gasteiger partial charge in [-0.05, 0) is 31.0 Å². The van der Waals surface area contributed by atoms with Crippen molar-refractivity contribution in [1.29, 1.82) is 0 Å². The van der Waals surface area contributed by atoms with Crippen LogP contribution in [0.5, 0.6) is 5.75 Å². The van der Waals surface area contributed by atoms with E-state index < -0.39 is 5.82 Å². The fourth-order valence-electron chi connectivity index (χ4n) is 2.74. The van der Waals surface area contributed by atoms with Gasteiger partial charge in [0.05, 0.1) is 10.8 Å². The molecule has 9 heteroatoms. The second-order valence-corrected chi connectivity index (χ2v) is 7.73. The van der Waals surface area contributed by atoms with Crippen molar-refractivity contribution >= 4 is 29.3 Å². The molecule has 0 saturated carbocycles. The number of ether oxygens (including phenoxy) is 1. The second kappa shape index (κ2) is 11.0. The second-order valence-electron chi connectivity index (χ2n) is 6.38. The van der Waals surface area contributed by atoms with Gasteiger partial charge in [-0.2, -0.15) is 0 Å². The number of hydrogen-bond acceptors (Lipinski definition) is 5. The number of benzene rings is 2. The molecule has 0 aliphatic carbocycles. The first-order chi connectivity index (χ1) is 14.6. The van der Waals surface area contributed by atoms with Crippen molar-refractivity contribution in [2.75, 3.05) is 12.3 Å². The van der Waals surface area contributed by atoms with E-state index in [1.54, 1.807) is 0 Å². The molecule has 1 aromatic heterocycles. The number of aromatic nitrogens is 3. The van der Waals surface area contributed by atoms with Gasteiger partial charge in [0.25, 0.3) is 0 Å². The molecule has 0 atom stereocenters. The zero-order valence-electron chi connectivity index (χ0n) is 16.5. The first-order valence-corrected chi connectivity index (χ1v) is 10.9. The number of halogens is 2. The SMILES string of the molecule is CCn1c(COc2ccc(F)c(Cl)c2)nnc1SCC(=O)NCCc1ccccc1. The molecule has 0 bridgehead atoms. The standard InChI is InChI=1S/C21H22ClFN4O2S/c1-2-27-19(13-29-16-8-9-18(23)17(22)12-16)25-26-21(27)30-14-20(28)24-11-10-15-6-4-3-5-7-15/h3-9,12H,2,10-11,13-14H2,1H3,(H,24,28). The van der Waals surface area contributed by atoms with Crippen LogP contribution in [0.2, 0.25) is 5.02 Å². The molecule has 6 nitrogen and oxygen atoms in total. The van der Waals surface area contributed by atoms with Crippen LogP contribution in [0.25, 0.3) is 0 Å². The molecule has 1 N–H and O–H groups in total. The van der Waals surface area contributed by atoms with Gasteiger partial charge in [0.1, 0.15) is 18.2 Å². The molecule has 1 heterocycles. The average molecular weight is 449 g/mol. The summed E-state index contributed by atoms with van der Waals surface area (Å²) in [6, 6.07) is 14.2. The van der Waals surface area contributed by atoms with E-state index in [0.717, 1.165) is 6.42 Å². The Labute approximate surface area is 183 Å². The van der Waals surface area contributed by atoms with Gasteiger partial charge in [-0.3, -0.25) is 4.79 Å². The molecule has 0 unspecified atom stereocenters. The number of nitrogens with zero attached hydrogens (tertiary/aromatic N) is 3. The molecule has 158 valence electrons. The van der Waals surface area contributed by atoms with E-state index in [1.807, 2.05) is 41.8 Å². The van der Waals surface area contributed by atoms with Crippen LogP contribution < -0.4 is 10.1 Å². The minimum atomic E-state index is -0.499. The zero-order valence-corrected chi connectivity index (χ0v) is 18.0. The lowest BCUT2D eigenvalue weighted by Crippen LogP contribution is -2.27. The van der Waals surface area contributed by atoms with E-state index >= 15 is 0 Å². The lowest BCUT2D eigenvalue weighted by atomic mass is 10.1. The maximum atomic E-state index is 13.2. The number of carbonyl (C=O) groups excluding carboxylic acids is 1. The summed E-state index contributed by atoms with van der Waals surface area (Å²) in [5.74, 6) is 0.757. The van der Waals surface area contributed by atoms with E-state index in [1.165, 1.54) is 35.5 Å². The quantitative estimate of drug-likeness (QED) is 0.472. The Morgan fingerprint density at radius 2 is 2.03 bits per heavy atom. The first kappa shape index (κ1) is 22.1. The minimum Gasteiger partial charge on any atom is -0.486 e. The average Bonchev–Trinajstić information content (AvgIpc) is 3.15. The molecule has 0 fully saturated rings. The summed E-state index contributed by atoms with van der Waals surface area (Å²) < 4.78 is 20.8. The van der Waals surface area contributed by atoms with Crippen molar-refractivity contribution in [2.45, 2.75) is 31.7 Å². The van der Waals surface area contributed by atoms with Crippen molar-refractivity contribution in [3.8, 4) is 5.75 Å².